The van der Waals surface area contributed by atoms with Gasteiger partial charge in [-0.15, -0.1) is 0 Å². The van der Waals surface area contributed by atoms with E-state index in [4.69, 9.17) is 0 Å². The van der Waals surface area contributed by atoms with Crippen molar-refractivity contribution in [1.29, 1.82) is 0 Å². The lowest BCUT2D eigenvalue weighted by Gasteiger charge is -2.33. The molecule has 0 aliphatic carbocycles. The molecule has 0 amide bonds. The molecule has 0 spiro atoms. The maximum atomic E-state index is 13.2. The number of rotatable bonds is 3. The molecule has 0 saturated heterocycles. The minimum Gasteiger partial charge on any atom is -0.480 e. The number of nitrogens with zero attached hydrogens (tertiary/aromatic N) is 3. The Morgan fingerprint density at radius 2 is 1.96 bits per heavy atom. The second-order valence-corrected chi connectivity index (χ2v) is 8.08. The largest absolute Gasteiger partial charge is 0.480 e. The number of carbonyl (C=O) groups is 1. The SMILES string of the molecule is O=C(O)C1c2ccccc2CCN1S(=O)(=O)c1cccc2nsnc12. The molecule has 0 bridgehead atoms. The summed E-state index contributed by atoms with van der Waals surface area (Å²) in [5.74, 6) is -1.20. The number of hydrogen-bond donors (Lipinski definition) is 1. The number of carboxylic acid groups (broad SMARTS) is 1. The summed E-state index contributed by atoms with van der Waals surface area (Å²) in [6, 6.07) is 10.5. The summed E-state index contributed by atoms with van der Waals surface area (Å²) in [6.45, 7) is 0.101. The van der Waals surface area contributed by atoms with Crippen molar-refractivity contribution < 1.29 is 18.3 Å². The van der Waals surface area contributed by atoms with E-state index in [2.05, 4.69) is 8.75 Å². The van der Waals surface area contributed by atoms with Gasteiger partial charge in [-0.1, -0.05) is 30.3 Å². The van der Waals surface area contributed by atoms with E-state index in [0.29, 0.717) is 17.5 Å². The Bertz CT molecular complexity index is 1080. The van der Waals surface area contributed by atoms with Gasteiger partial charge in [-0.3, -0.25) is 4.79 Å². The van der Waals surface area contributed by atoms with Crippen LogP contribution in [0.25, 0.3) is 11.0 Å². The van der Waals surface area contributed by atoms with Gasteiger partial charge in [0.15, 0.2) is 0 Å². The van der Waals surface area contributed by atoms with Gasteiger partial charge < -0.3 is 5.11 Å². The van der Waals surface area contributed by atoms with Crippen molar-refractivity contribution in [3.05, 3.63) is 53.6 Å². The zero-order valence-corrected chi connectivity index (χ0v) is 14.5. The van der Waals surface area contributed by atoms with Crippen molar-refractivity contribution in [1.82, 2.24) is 13.1 Å². The molecule has 1 aliphatic heterocycles. The maximum Gasteiger partial charge on any atom is 0.326 e. The van der Waals surface area contributed by atoms with Gasteiger partial charge in [0.05, 0.1) is 11.7 Å². The Hall–Kier alpha value is -2.36. The average molecular weight is 375 g/mol. The molecular weight excluding hydrogens is 362 g/mol. The van der Waals surface area contributed by atoms with Crippen LogP contribution in [0.1, 0.15) is 17.2 Å². The van der Waals surface area contributed by atoms with E-state index in [1.54, 1.807) is 24.3 Å². The molecule has 0 radical (unpaired) electrons. The van der Waals surface area contributed by atoms with E-state index in [0.717, 1.165) is 21.6 Å². The Labute approximate surface area is 147 Å². The number of carboxylic acids is 1. The van der Waals surface area contributed by atoms with E-state index >= 15 is 0 Å². The molecule has 7 nitrogen and oxygen atoms in total. The van der Waals surface area contributed by atoms with E-state index in [1.807, 2.05) is 12.1 Å². The summed E-state index contributed by atoms with van der Waals surface area (Å²) in [5, 5.41) is 9.71. The molecule has 4 rings (SSSR count). The minimum absolute atomic E-state index is 0.00983. The van der Waals surface area contributed by atoms with Crippen molar-refractivity contribution >= 4 is 38.8 Å². The average Bonchev–Trinajstić information content (AvgIpc) is 3.09. The van der Waals surface area contributed by atoms with Crippen LogP contribution in [0, 0.1) is 0 Å². The summed E-state index contributed by atoms with van der Waals surface area (Å²) < 4.78 is 35.6. The number of fused-ring (bicyclic) bond motifs is 2. The first-order valence-corrected chi connectivity index (χ1v) is 9.71. The molecule has 1 unspecified atom stereocenters. The van der Waals surface area contributed by atoms with Crippen molar-refractivity contribution in [2.45, 2.75) is 17.4 Å². The van der Waals surface area contributed by atoms with Crippen LogP contribution in [-0.4, -0.2) is 39.1 Å². The highest BCUT2D eigenvalue weighted by Crippen LogP contribution is 2.35. The lowest BCUT2D eigenvalue weighted by Crippen LogP contribution is -2.43. The highest BCUT2D eigenvalue weighted by Gasteiger charge is 2.41. The van der Waals surface area contributed by atoms with Gasteiger partial charge in [-0.2, -0.15) is 13.1 Å². The molecule has 0 fully saturated rings. The van der Waals surface area contributed by atoms with E-state index in [1.165, 1.54) is 6.07 Å². The van der Waals surface area contributed by atoms with E-state index < -0.39 is 22.0 Å². The maximum absolute atomic E-state index is 13.2. The fourth-order valence-electron chi connectivity index (χ4n) is 3.17. The van der Waals surface area contributed by atoms with Gasteiger partial charge in [0.1, 0.15) is 22.0 Å². The number of sulfonamides is 1. The highest BCUT2D eigenvalue weighted by atomic mass is 32.2. The first-order valence-electron chi connectivity index (χ1n) is 7.54. The Morgan fingerprint density at radius 1 is 1.16 bits per heavy atom. The molecule has 128 valence electrons. The fourth-order valence-corrected chi connectivity index (χ4v) is 5.49. The standard InChI is InChI=1S/C16H13N3O4S2/c20-16(21)15-11-5-2-1-4-10(11)8-9-19(15)25(22,23)13-7-3-6-12-14(13)18-24-17-12/h1-7,15H,8-9H2,(H,20,21). The molecule has 9 heteroatoms. The monoisotopic (exact) mass is 375 g/mol. The Morgan fingerprint density at radius 3 is 2.76 bits per heavy atom. The van der Waals surface area contributed by atoms with Gasteiger partial charge in [0.2, 0.25) is 10.0 Å². The number of aliphatic carboxylic acids is 1. The van der Waals surface area contributed by atoms with E-state index in [9.17, 15) is 18.3 Å². The molecular formula is C16H13N3O4S2. The Kier molecular flexibility index (Phi) is 3.78. The van der Waals surface area contributed by atoms with Crippen molar-refractivity contribution in [3.8, 4) is 0 Å². The molecule has 3 aromatic rings. The van der Waals surface area contributed by atoms with Gasteiger partial charge >= 0.3 is 5.97 Å². The first-order chi connectivity index (χ1) is 12.0. The third-order valence-electron chi connectivity index (χ3n) is 4.31. The van der Waals surface area contributed by atoms with Crippen LogP contribution >= 0.6 is 11.7 Å². The molecule has 1 N–H and O–H groups in total. The summed E-state index contributed by atoms with van der Waals surface area (Å²) in [7, 11) is -4.04. The fraction of sp³-hybridized carbons (Fsp3) is 0.188. The first kappa shape index (κ1) is 16.1. The normalized spacial score (nSPS) is 18.2. The van der Waals surface area contributed by atoms with Crippen LogP contribution < -0.4 is 0 Å². The van der Waals surface area contributed by atoms with E-state index in [-0.39, 0.29) is 17.0 Å². The topological polar surface area (TPSA) is 100 Å². The van der Waals surface area contributed by atoms with Gasteiger partial charge in [0, 0.05) is 6.54 Å². The van der Waals surface area contributed by atoms with Crippen molar-refractivity contribution in [2.75, 3.05) is 6.54 Å². The summed E-state index contributed by atoms with van der Waals surface area (Å²) >= 11 is 0.926. The highest BCUT2D eigenvalue weighted by molar-refractivity contribution is 7.89. The summed E-state index contributed by atoms with van der Waals surface area (Å²) in [6.07, 6.45) is 0.463. The zero-order chi connectivity index (χ0) is 17.6. The summed E-state index contributed by atoms with van der Waals surface area (Å²) in [4.78, 5) is 11.9. The third-order valence-corrected chi connectivity index (χ3v) is 6.75. The van der Waals surface area contributed by atoms with Gasteiger partial charge in [-0.25, -0.2) is 8.42 Å². The predicted octanol–water partition coefficient (Wildman–Crippen LogP) is 2.06. The minimum atomic E-state index is -4.04. The lowest BCUT2D eigenvalue weighted by molar-refractivity contribution is -0.142. The number of benzene rings is 2. The van der Waals surface area contributed by atoms with Crippen LogP contribution in [-0.2, 0) is 21.2 Å². The van der Waals surface area contributed by atoms with Crippen LogP contribution in [0.15, 0.2) is 47.4 Å². The second-order valence-electron chi connectivity index (χ2n) is 5.69. The molecule has 25 heavy (non-hydrogen) atoms. The molecule has 1 aliphatic rings. The second kappa shape index (κ2) is 5.87. The number of aromatic nitrogens is 2. The molecule has 0 saturated carbocycles. The predicted molar refractivity (Wildman–Crippen MR) is 91.8 cm³/mol. The third kappa shape index (κ3) is 2.51. The van der Waals surface area contributed by atoms with Gasteiger partial charge in [-0.05, 0) is 29.7 Å². The quantitative estimate of drug-likeness (QED) is 0.752. The molecule has 1 aromatic heterocycles. The summed E-state index contributed by atoms with van der Waals surface area (Å²) in [5.41, 5.74) is 2.12. The van der Waals surface area contributed by atoms with Crippen molar-refractivity contribution in [3.63, 3.8) is 0 Å². The van der Waals surface area contributed by atoms with Crippen LogP contribution in [0.4, 0.5) is 0 Å². The van der Waals surface area contributed by atoms with Crippen LogP contribution in [0.5, 0.6) is 0 Å². The molecule has 2 aromatic carbocycles. The Balaban J connectivity index is 1.88. The molecule has 2 heterocycles. The lowest BCUT2D eigenvalue weighted by atomic mass is 9.94. The number of hydrogen-bond acceptors (Lipinski definition) is 6. The smallest absolute Gasteiger partial charge is 0.326 e. The van der Waals surface area contributed by atoms with Crippen LogP contribution in [0.2, 0.25) is 0 Å². The van der Waals surface area contributed by atoms with Crippen molar-refractivity contribution in [2.24, 2.45) is 0 Å². The zero-order valence-electron chi connectivity index (χ0n) is 12.9. The van der Waals surface area contributed by atoms with Gasteiger partial charge in [0.25, 0.3) is 0 Å². The molecule has 1 atom stereocenters. The van der Waals surface area contributed by atoms with Crippen LogP contribution in [0.3, 0.4) is 0 Å².